The molecule has 0 saturated heterocycles. The van der Waals surface area contributed by atoms with E-state index in [0.29, 0.717) is 17.6 Å². The zero-order valence-corrected chi connectivity index (χ0v) is 8.97. The molecule has 0 radical (unpaired) electrons. The molecule has 0 saturated carbocycles. The second kappa shape index (κ2) is 4.97. The Labute approximate surface area is 85.7 Å². The van der Waals surface area contributed by atoms with E-state index in [4.69, 9.17) is 0 Å². The van der Waals surface area contributed by atoms with Gasteiger partial charge in [-0.15, -0.1) is 0 Å². The van der Waals surface area contributed by atoms with Crippen LogP contribution in [0.3, 0.4) is 0 Å². The number of alkyl halides is 1. The van der Waals surface area contributed by atoms with Crippen LogP contribution >= 0.6 is 15.9 Å². The second-order valence-corrected chi connectivity index (χ2v) is 3.50. The number of hydrogen-bond donors (Lipinski definition) is 1. The number of pyridine rings is 1. The first-order valence-corrected chi connectivity index (χ1v) is 5.13. The molecule has 0 aliphatic heterocycles. The summed E-state index contributed by atoms with van der Waals surface area (Å²) >= 11 is 3.20. The summed E-state index contributed by atoms with van der Waals surface area (Å²) in [7, 11) is 0. The Morgan fingerprint density at radius 2 is 2.46 bits per heavy atom. The van der Waals surface area contributed by atoms with Gasteiger partial charge in [0.1, 0.15) is 5.82 Å². The fourth-order valence-electron chi connectivity index (χ4n) is 0.896. The molecule has 1 rings (SSSR count). The molecule has 0 bridgehead atoms. The van der Waals surface area contributed by atoms with E-state index in [1.165, 1.54) is 0 Å². The maximum atomic E-state index is 11.1. The first kappa shape index (κ1) is 10.2. The first-order valence-electron chi connectivity index (χ1n) is 4.01. The van der Waals surface area contributed by atoms with Crippen LogP contribution in [0.15, 0.2) is 18.3 Å². The highest BCUT2D eigenvalue weighted by molar-refractivity contribution is 9.09. The van der Waals surface area contributed by atoms with E-state index in [9.17, 15) is 4.79 Å². The lowest BCUT2D eigenvalue weighted by Gasteiger charge is -2.02. The molecule has 0 aromatic carbocycles. The number of carbonyl (C=O) groups is 1. The molecule has 0 atom stereocenters. The van der Waals surface area contributed by atoms with E-state index >= 15 is 0 Å². The van der Waals surface area contributed by atoms with Gasteiger partial charge in [-0.25, -0.2) is 4.98 Å². The van der Waals surface area contributed by atoms with Gasteiger partial charge in [0.2, 0.25) is 5.91 Å². The summed E-state index contributed by atoms with van der Waals surface area (Å²) in [5, 5.41) is 3.37. The van der Waals surface area contributed by atoms with Crippen molar-refractivity contribution >= 4 is 27.7 Å². The van der Waals surface area contributed by atoms with Crippen LogP contribution in [-0.4, -0.2) is 16.2 Å². The van der Waals surface area contributed by atoms with Crippen LogP contribution in [-0.2, 0) is 4.79 Å². The molecule has 0 aliphatic rings. The van der Waals surface area contributed by atoms with E-state index in [2.05, 4.69) is 26.2 Å². The van der Waals surface area contributed by atoms with Gasteiger partial charge in [-0.2, -0.15) is 0 Å². The molecule has 1 heterocycles. The SMILES string of the molecule is Cc1ccnc(NC(=O)CCBr)c1. The van der Waals surface area contributed by atoms with Crippen LogP contribution in [0, 0.1) is 6.92 Å². The molecular weight excluding hydrogens is 232 g/mol. The van der Waals surface area contributed by atoms with Crippen molar-refractivity contribution in [3.8, 4) is 0 Å². The fraction of sp³-hybridized carbons (Fsp3) is 0.333. The largest absolute Gasteiger partial charge is 0.311 e. The number of aromatic nitrogens is 1. The maximum absolute atomic E-state index is 11.1. The van der Waals surface area contributed by atoms with Gasteiger partial charge in [0, 0.05) is 17.9 Å². The Kier molecular flexibility index (Phi) is 3.89. The lowest BCUT2D eigenvalue weighted by Crippen LogP contribution is -2.12. The van der Waals surface area contributed by atoms with Gasteiger partial charge in [0.05, 0.1) is 0 Å². The van der Waals surface area contributed by atoms with Gasteiger partial charge < -0.3 is 5.32 Å². The van der Waals surface area contributed by atoms with E-state index in [1.54, 1.807) is 6.20 Å². The molecule has 1 aromatic rings. The summed E-state index contributed by atoms with van der Waals surface area (Å²) in [6.07, 6.45) is 2.15. The van der Waals surface area contributed by atoms with Gasteiger partial charge in [0.25, 0.3) is 0 Å². The van der Waals surface area contributed by atoms with Gasteiger partial charge in [0.15, 0.2) is 0 Å². The number of aryl methyl sites for hydroxylation is 1. The third kappa shape index (κ3) is 3.55. The van der Waals surface area contributed by atoms with Crippen molar-refractivity contribution in [2.45, 2.75) is 13.3 Å². The van der Waals surface area contributed by atoms with Crippen LogP contribution in [0.1, 0.15) is 12.0 Å². The molecule has 0 fully saturated rings. The third-order valence-electron chi connectivity index (χ3n) is 1.50. The molecule has 1 N–H and O–H groups in total. The van der Waals surface area contributed by atoms with Crippen molar-refractivity contribution in [2.75, 3.05) is 10.6 Å². The van der Waals surface area contributed by atoms with E-state index in [0.717, 1.165) is 5.56 Å². The summed E-state index contributed by atoms with van der Waals surface area (Å²) in [5.41, 5.74) is 1.09. The average Bonchev–Trinajstić information content (AvgIpc) is 2.04. The number of anilines is 1. The number of hydrogen-bond acceptors (Lipinski definition) is 2. The highest BCUT2D eigenvalue weighted by Crippen LogP contribution is 2.05. The smallest absolute Gasteiger partial charge is 0.226 e. The Morgan fingerprint density at radius 3 is 3.08 bits per heavy atom. The van der Waals surface area contributed by atoms with E-state index < -0.39 is 0 Å². The molecule has 4 heteroatoms. The summed E-state index contributed by atoms with van der Waals surface area (Å²) in [6, 6.07) is 3.73. The van der Waals surface area contributed by atoms with Gasteiger partial charge in [-0.1, -0.05) is 15.9 Å². The minimum atomic E-state index is -0.0185. The van der Waals surface area contributed by atoms with Crippen LogP contribution in [0.4, 0.5) is 5.82 Å². The Hall–Kier alpha value is -0.900. The monoisotopic (exact) mass is 242 g/mol. The molecule has 70 valence electrons. The van der Waals surface area contributed by atoms with Crippen molar-refractivity contribution in [1.82, 2.24) is 4.98 Å². The summed E-state index contributed by atoms with van der Waals surface area (Å²) in [4.78, 5) is 15.2. The molecule has 13 heavy (non-hydrogen) atoms. The van der Waals surface area contributed by atoms with Crippen LogP contribution in [0.25, 0.3) is 0 Å². The Bertz CT molecular complexity index is 301. The number of halogens is 1. The van der Waals surface area contributed by atoms with Crippen molar-refractivity contribution in [3.05, 3.63) is 23.9 Å². The molecule has 0 spiro atoms. The van der Waals surface area contributed by atoms with Crippen LogP contribution in [0.2, 0.25) is 0 Å². The number of nitrogens with one attached hydrogen (secondary N) is 1. The predicted octanol–water partition coefficient (Wildman–Crippen LogP) is 2.11. The lowest BCUT2D eigenvalue weighted by molar-refractivity contribution is -0.115. The zero-order chi connectivity index (χ0) is 9.68. The first-order chi connectivity index (χ1) is 6.22. The maximum Gasteiger partial charge on any atom is 0.226 e. The minimum absolute atomic E-state index is 0.0185. The molecule has 1 aromatic heterocycles. The van der Waals surface area contributed by atoms with Gasteiger partial charge in [-0.3, -0.25) is 4.79 Å². The summed E-state index contributed by atoms with van der Waals surface area (Å²) in [6.45, 7) is 1.96. The summed E-state index contributed by atoms with van der Waals surface area (Å²) < 4.78 is 0. The van der Waals surface area contributed by atoms with Crippen molar-refractivity contribution < 1.29 is 4.79 Å². The number of nitrogens with zero attached hydrogens (tertiary/aromatic N) is 1. The zero-order valence-electron chi connectivity index (χ0n) is 7.38. The molecule has 0 unspecified atom stereocenters. The average molecular weight is 243 g/mol. The van der Waals surface area contributed by atoms with Crippen LogP contribution < -0.4 is 5.32 Å². The van der Waals surface area contributed by atoms with Crippen molar-refractivity contribution in [1.29, 1.82) is 0 Å². The molecular formula is C9H11BrN2O. The second-order valence-electron chi connectivity index (χ2n) is 2.71. The minimum Gasteiger partial charge on any atom is -0.311 e. The van der Waals surface area contributed by atoms with Gasteiger partial charge >= 0.3 is 0 Å². The Balaban J connectivity index is 2.58. The van der Waals surface area contributed by atoms with E-state index in [-0.39, 0.29) is 5.91 Å². The molecule has 0 aliphatic carbocycles. The van der Waals surface area contributed by atoms with Crippen molar-refractivity contribution in [2.24, 2.45) is 0 Å². The number of carbonyl (C=O) groups excluding carboxylic acids is 1. The normalized spacial score (nSPS) is 9.69. The molecule has 3 nitrogen and oxygen atoms in total. The van der Waals surface area contributed by atoms with Crippen molar-refractivity contribution in [3.63, 3.8) is 0 Å². The fourth-order valence-corrected chi connectivity index (χ4v) is 1.26. The predicted molar refractivity (Wildman–Crippen MR) is 56.0 cm³/mol. The summed E-state index contributed by atoms with van der Waals surface area (Å²) in [5.74, 6) is 0.598. The standard InChI is InChI=1S/C9H11BrN2O/c1-7-3-5-11-8(6-7)12-9(13)2-4-10/h3,5-6H,2,4H2,1H3,(H,11,12,13). The topological polar surface area (TPSA) is 42.0 Å². The van der Waals surface area contributed by atoms with Crippen LogP contribution in [0.5, 0.6) is 0 Å². The van der Waals surface area contributed by atoms with Gasteiger partial charge in [-0.05, 0) is 24.6 Å². The Morgan fingerprint density at radius 1 is 1.69 bits per heavy atom. The highest BCUT2D eigenvalue weighted by Gasteiger charge is 2.01. The molecule has 1 amide bonds. The lowest BCUT2D eigenvalue weighted by atomic mass is 10.3. The quantitative estimate of drug-likeness (QED) is 0.826. The highest BCUT2D eigenvalue weighted by atomic mass is 79.9. The number of amides is 1. The number of rotatable bonds is 3. The third-order valence-corrected chi connectivity index (χ3v) is 1.90. The van der Waals surface area contributed by atoms with E-state index in [1.807, 2.05) is 19.1 Å².